The zero-order valence-corrected chi connectivity index (χ0v) is 32.9. The van der Waals surface area contributed by atoms with Gasteiger partial charge in [-0.2, -0.15) is 0 Å². The van der Waals surface area contributed by atoms with Crippen LogP contribution in [0.25, 0.3) is 22.4 Å². The van der Waals surface area contributed by atoms with Crippen LogP contribution in [0.1, 0.15) is 101 Å². The summed E-state index contributed by atoms with van der Waals surface area (Å²) in [4.78, 5) is 5.57. The lowest BCUT2D eigenvalue weighted by Gasteiger charge is -2.33. The van der Waals surface area contributed by atoms with E-state index in [1.165, 1.54) is 49.2 Å². The minimum atomic E-state index is -2.89. The van der Waals surface area contributed by atoms with E-state index in [4.69, 9.17) is 4.98 Å². The Labute approximate surface area is 311 Å². The van der Waals surface area contributed by atoms with E-state index in [0.29, 0.717) is 23.7 Å². The Kier molecular flexibility index (Phi) is 9.87. The summed E-state index contributed by atoms with van der Waals surface area (Å²) in [6.07, 6.45) is 6.15. The van der Waals surface area contributed by atoms with Crippen molar-refractivity contribution in [1.29, 1.82) is 0 Å². The maximum Gasteiger partial charge on any atom is 0.269 e. The van der Waals surface area contributed by atoms with E-state index in [1.54, 1.807) is 0 Å². The van der Waals surface area contributed by atoms with Gasteiger partial charge in [-0.15, -0.1) is 0 Å². The molecular formula is C48H51N3Si. The summed E-state index contributed by atoms with van der Waals surface area (Å²) < 4.78 is 4.71. The molecule has 0 N–H and O–H groups in total. The van der Waals surface area contributed by atoms with Gasteiger partial charge in [-0.05, 0) is 67.6 Å². The molecule has 3 nitrogen and oxygen atoms in total. The molecule has 262 valence electrons. The monoisotopic (exact) mass is 697 g/mol. The largest absolute Gasteiger partial charge is 0.291 e. The number of rotatable bonds is 10. The van der Waals surface area contributed by atoms with E-state index >= 15 is 0 Å². The van der Waals surface area contributed by atoms with Gasteiger partial charge < -0.3 is 0 Å². The molecule has 2 heterocycles. The second-order valence-electron chi connectivity index (χ2n) is 15.4. The van der Waals surface area contributed by atoms with Gasteiger partial charge in [0.25, 0.3) is 6.33 Å². The summed E-state index contributed by atoms with van der Waals surface area (Å²) in [5.74, 6) is 1.33. The van der Waals surface area contributed by atoms with Gasteiger partial charge in [0.15, 0.2) is 0 Å². The fourth-order valence-electron chi connectivity index (χ4n) is 8.09. The van der Waals surface area contributed by atoms with Crippen molar-refractivity contribution in [1.82, 2.24) is 9.55 Å². The Morgan fingerprint density at radius 1 is 0.519 bits per heavy atom. The molecular weight excluding hydrogens is 647 g/mol. The zero-order valence-electron chi connectivity index (χ0n) is 31.9. The van der Waals surface area contributed by atoms with Gasteiger partial charge in [0.2, 0.25) is 8.07 Å². The Balaban J connectivity index is 1.67. The first kappa shape index (κ1) is 35.3. The number of fused-ring (bicyclic) bond motifs is 1. The molecule has 0 bridgehead atoms. The van der Waals surface area contributed by atoms with E-state index < -0.39 is 8.07 Å². The standard InChI is InChI=1S/C48H51N3Si/c1-33(2)40-26-18-27-41(34(3)4)47(40)50-32-51(48-42(35(5)6)28-19-29-43(48)36(7)8)45-31-49-46(30-44(45)50)52(37-20-12-9-13-21-37,38-22-14-10-15-23-38)39-24-16-11-17-25-39/h9-31,33-36H,1-8H3. The SMILES string of the molecule is CC(C)c1cccc(C(C)C)c1-n1[c-][n+](-c2c(C(C)C)cccc2C(C)C)c2cnc([Si](c3ccccc3)(c3ccccc3)c3ccccc3)cc21. The molecule has 0 spiro atoms. The molecule has 7 rings (SSSR count). The predicted molar refractivity (Wildman–Crippen MR) is 221 cm³/mol. The topological polar surface area (TPSA) is 21.7 Å². The maximum atomic E-state index is 5.57. The second kappa shape index (κ2) is 14.5. The highest BCUT2D eigenvalue weighted by Gasteiger charge is 2.43. The first-order valence-electron chi connectivity index (χ1n) is 18.9. The number of benzene rings is 5. The number of hydrogen-bond acceptors (Lipinski definition) is 1. The summed E-state index contributed by atoms with van der Waals surface area (Å²) >= 11 is 0. The molecule has 0 amide bonds. The van der Waals surface area contributed by atoms with Crippen LogP contribution in [0.3, 0.4) is 0 Å². The van der Waals surface area contributed by atoms with Crippen molar-refractivity contribution in [3.8, 4) is 11.4 Å². The van der Waals surface area contributed by atoms with E-state index in [9.17, 15) is 0 Å². The van der Waals surface area contributed by atoms with Crippen molar-refractivity contribution in [2.45, 2.75) is 79.1 Å². The van der Waals surface area contributed by atoms with Crippen LogP contribution < -0.4 is 25.4 Å². The van der Waals surface area contributed by atoms with Crippen LogP contribution in [0.15, 0.2) is 140 Å². The lowest BCUT2D eigenvalue weighted by atomic mass is 9.92. The molecule has 4 heteroatoms. The van der Waals surface area contributed by atoms with Gasteiger partial charge in [-0.1, -0.05) is 183 Å². The Bertz CT molecular complexity index is 2150. The molecule has 0 saturated carbocycles. The van der Waals surface area contributed by atoms with Crippen molar-refractivity contribution in [3.05, 3.63) is 168 Å². The first-order valence-corrected chi connectivity index (χ1v) is 20.9. The lowest BCUT2D eigenvalue weighted by Crippen LogP contribution is -2.75. The maximum absolute atomic E-state index is 5.57. The van der Waals surface area contributed by atoms with Crippen molar-refractivity contribution >= 4 is 40.0 Å². The third kappa shape index (κ3) is 6.03. The van der Waals surface area contributed by atoms with Gasteiger partial charge in [0.05, 0.1) is 22.4 Å². The van der Waals surface area contributed by atoms with Crippen LogP contribution >= 0.6 is 0 Å². The highest BCUT2D eigenvalue weighted by atomic mass is 28.3. The number of nitrogens with zero attached hydrogens (tertiary/aromatic N) is 3. The molecule has 0 aliphatic heterocycles. The van der Waals surface area contributed by atoms with E-state index in [1.807, 2.05) is 0 Å². The quantitative estimate of drug-likeness (QED) is 0.0606. The smallest absolute Gasteiger partial charge is 0.269 e. The van der Waals surface area contributed by atoms with Crippen LogP contribution in [-0.2, 0) is 0 Å². The van der Waals surface area contributed by atoms with Crippen LogP contribution in [0.2, 0.25) is 0 Å². The number of para-hydroxylation sites is 2. The average molecular weight is 698 g/mol. The summed E-state index contributed by atoms with van der Waals surface area (Å²) in [5, 5.41) is 5.04. The highest BCUT2D eigenvalue weighted by molar-refractivity contribution is 7.19. The van der Waals surface area contributed by atoms with Crippen molar-refractivity contribution in [3.63, 3.8) is 0 Å². The number of imidazole rings is 1. The van der Waals surface area contributed by atoms with Gasteiger partial charge in [-0.25, -0.2) is 0 Å². The van der Waals surface area contributed by atoms with Crippen molar-refractivity contribution in [2.75, 3.05) is 0 Å². The first-order chi connectivity index (χ1) is 25.1. The minimum Gasteiger partial charge on any atom is -0.291 e. The molecule has 0 saturated heterocycles. The average Bonchev–Trinajstić information content (AvgIpc) is 3.54. The Hall–Kier alpha value is -5.06. The van der Waals surface area contributed by atoms with Crippen molar-refractivity contribution in [2.24, 2.45) is 0 Å². The van der Waals surface area contributed by atoms with E-state index in [0.717, 1.165) is 16.4 Å². The number of aromatic nitrogens is 3. The van der Waals surface area contributed by atoms with Crippen LogP contribution in [0.4, 0.5) is 0 Å². The summed E-state index contributed by atoms with van der Waals surface area (Å²) in [6, 6.07) is 49.3. The zero-order chi connectivity index (χ0) is 36.6. The third-order valence-electron chi connectivity index (χ3n) is 10.7. The third-order valence-corrected chi connectivity index (χ3v) is 15.3. The van der Waals surface area contributed by atoms with E-state index in [2.05, 4.69) is 211 Å². The highest BCUT2D eigenvalue weighted by Crippen LogP contribution is 2.34. The molecule has 2 aromatic heterocycles. The molecule has 0 fully saturated rings. The number of hydrogen-bond donors (Lipinski definition) is 0. The van der Waals surface area contributed by atoms with Gasteiger partial charge in [-0.3, -0.25) is 14.1 Å². The predicted octanol–water partition coefficient (Wildman–Crippen LogP) is 8.97. The van der Waals surface area contributed by atoms with E-state index in [-0.39, 0.29) is 0 Å². The molecule has 52 heavy (non-hydrogen) atoms. The van der Waals surface area contributed by atoms with Gasteiger partial charge in [0, 0.05) is 11.5 Å². The molecule has 0 aliphatic rings. The van der Waals surface area contributed by atoms with Crippen molar-refractivity contribution < 1.29 is 4.57 Å². The van der Waals surface area contributed by atoms with Gasteiger partial charge >= 0.3 is 0 Å². The Morgan fingerprint density at radius 2 is 0.923 bits per heavy atom. The van der Waals surface area contributed by atoms with Crippen LogP contribution in [-0.4, -0.2) is 17.6 Å². The second-order valence-corrected chi connectivity index (χ2v) is 19.1. The molecule has 5 aromatic carbocycles. The number of pyridine rings is 1. The molecule has 0 atom stereocenters. The fourth-order valence-corrected chi connectivity index (χ4v) is 12.7. The molecule has 0 unspecified atom stereocenters. The Morgan fingerprint density at radius 3 is 1.33 bits per heavy atom. The summed E-state index contributed by atoms with van der Waals surface area (Å²) in [5.41, 5.74) is 9.91. The normalized spacial score (nSPS) is 12.2. The van der Waals surface area contributed by atoms with Crippen LogP contribution in [0.5, 0.6) is 0 Å². The summed E-state index contributed by atoms with van der Waals surface area (Å²) in [7, 11) is -2.89. The van der Waals surface area contributed by atoms with Crippen LogP contribution in [0, 0.1) is 6.33 Å². The molecule has 0 aliphatic carbocycles. The molecule has 0 radical (unpaired) electrons. The minimum absolute atomic E-state index is 0.329. The lowest BCUT2D eigenvalue weighted by molar-refractivity contribution is -0.573. The van der Waals surface area contributed by atoms with Gasteiger partial charge in [0.1, 0.15) is 0 Å². The molecule has 7 aromatic rings. The summed E-state index contributed by atoms with van der Waals surface area (Å²) in [6.45, 7) is 18.4. The fraction of sp³-hybridized carbons (Fsp3) is 0.250.